The Hall–Kier alpha value is -2.11. The molecule has 1 fully saturated rings. The standard InChI is InChI=1S/C18H18N2/c19-13-11-17-12-14-20(17)18(15-7-3-1-4-8-15)16-9-5-2-6-10-16/h1-10,17-18H,11-12,14H2/t17-/m1/s1. The third-order valence-electron chi connectivity index (χ3n) is 4.08. The average molecular weight is 262 g/mol. The largest absolute Gasteiger partial charge is 0.288 e. The summed E-state index contributed by atoms with van der Waals surface area (Å²) in [6, 6.07) is 24.1. The number of hydrogen-bond acceptors (Lipinski definition) is 2. The van der Waals surface area contributed by atoms with E-state index >= 15 is 0 Å². The molecule has 0 amide bonds. The van der Waals surface area contributed by atoms with Gasteiger partial charge >= 0.3 is 0 Å². The highest BCUT2D eigenvalue weighted by molar-refractivity contribution is 5.32. The summed E-state index contributed by atoms with van der Waals surface area (Å²) < 4.78 is 0. The third-order valence-corrected chi connectivity index (χ3v) is 4.08. The molecular weight excluding hydrogens is 244 g/mol. The molecule has 3 rings (SSSR count). The van der Waals surface area contributed by atoms with E-state index in [4.69, 9.17) is 5.26 Å². The highest BCUT2D eigenvalue weighted by atomic mass is 15.2. The first-order chi connectivity index (χ1) is 9.90. The van der Waals surface area contributed by atoms with Gasteiger partial charge in [-0.2, -0.15) is 5.26 Å². The fraction of sp³-hybridized carbons (Fsp3) is 0.278. The Morgan fingerprint density at radius 3 is 1.95 bits per heavy atom. The van der Waals surface area contributed by atoms with Gasteiger partial charge in [0.15, 0.2) is 0 Å². The molecule has 0 N–H and O–H groups in total. The van der Waals surface area contributed by atoms with Crippen molar-refractivity contribution in [3.8, 4) is 6.07 Å². The van der Waals surface area contributed by atoms with Crippen LogP contribution in [0.25, 0.3) is 0 Å². The molecule has 2 nitrogen and oxygen atoms in total. The minimum atomic E-state index is 0.268. The minimum Gasteiger partial charge on any atom is -0.288 e. The number of hydrogen-bond donors (Lipinski definition) is 0. The predicted molar refractivity (Wildman–Crippen MR) is 80.1 cm³/mol. The van der Waals surface area contributed by atoms with Gasteiger partial charge < -0.3 is 0 Å². The summed E-state index contributed by atoms with van der Waals surface area (Å²) in [5, 5.41) is 8.97. The van der Waals surface area contributed by atoms with Crippen LogP contribution in [0.3, 0.4) is 0 Å². The zero-order valence-corrected chi connectivity index (χ0v) is 11.4. The van der Waals surface area contributed by atoms with Crippen LogP contribution in [0.5, 0.6) is 0 Å². The summed E-state index contributed by atoms with van der Waals surface area (Å²) in [5.41, 5.74) is 2.61. The van der Waals surface area contributed by atoms with Gasteiger partial charge in [-0.15, -0.1) is 0 Å². The number of nitrogens with zero attached hydrogens (tertiary/aromatic N) is 2. The first-order valence-electron chi connectivity index (χ1n) is 7.12. The molecule has 0 bridgehead atoms. The van der Waals surface area contributed by atoms with E-state index in [1.54, 1.807) is 0 Å². The minimum absolute atomic E-state index is 0.268. The van der Waals surface area contributed by atoms with Crippen LogP contribution in [0, 0.1) is 11.3 Å². The topological polar surface area (TPSA) is 27.0 Å². The third kappa shape index (κ3) is 2.45. The van der Waals surface area contributed by atoms with Gasteiger partial charge in [-0.25, -0.2) is 0 Å². The Kier molecular flexibility index (Phi) is 3.80. The second kappa shape index (κ2) is 5.90. The molecule has 1 saturated heterocycles. The van der Waals surface area contributed by atoms with Gasteiger partial charge in [0.1, 0.15) is 0 Å². The van der Waals surface area contributed by atoms with E-state index in [-0.39, 0.29) is 6.04 Å². The number of likely N-dealkylation sites (tertiary alicyclic amines) is 1. The number of nitriles is 1. The van der Waals surface area contributed by atoms with Gasteiger partial charge in [-0.3, -0.25) is 4.90 Å². The van der Waals surface area contributed by atoms with E-state index in [1.165, 1.54) is 11.1 Å². The molecule has 0 spiro atoms. The van der Waals surface area contributed by atoms with Crippen LogP contribution in [-0.4, -0.2) is 17.5 Å². The molecule has 0 aliphatic carbocycles. The second-order valence-corrected chi connectivity index (χ2v) is 5.27. The van der Waals surface area contributed by atoms with Gasteiger partial charge in [0.25, 0.3) is 0 Å². The zero-order valence-electron chi connectivity index (χ0n) is 11.4. The summed E-state index contributed by atoms with van der Waals surface area (Å²) in [6.45, 7) is 1.07. The molecule has 1 aliphatic heterocycles. The Balaban J connectivity index is 1.95. The van der Waals surface area contributed by atoms with Gasteiger partial charge in [0.05, 0.1) is 18.5 Å². The van der Waals surface area contributed by atoms with Crippen LogP contribution >= 0.6 is 0 Å². The van der Waals surface area contributed by atoms with Crippen molar-refractivity contribution in [3.63, 3.8) is 0 Å². The maximum absolute atomic E-state index is 8.97. The van der Waals surface area contributed by atoms with E-state index in [1.807, 2.05) is 0 Å². The van der Waals surface area contributed by atoms with E-state index < -0.39 is 0 Å². The average Bonchev–Trinajstić information content (AvgIpc) is 2.50. The molecule has 1 heterocycles. The normalized spacial score (nSPS) is 18.5. The van der Waals surface area contributed by atoms with E-state index in [0.29, 0.717) is 12.5 Å². The maximum atomic E-state index is 8.97. The quantitative estimate of drug-likeness (QED) is 0.838. The molecule has 0 unspecified atom stereocenters. The number of rotatable bonds is 4. The molecule has 1 aliphatic rings. The SMILES string of the molecule is N#CC[C@@H]1CCN1C(c1ccccc1)c1ccccc1. The Labute approximate surface area is 120 Å². The summed E-state index contributed by atoms with van der Waals surface area (Å²) in [7, 11) is 0. The molecule has 1 atom stereocenters. The van der Waals surface area contributed by atoms with Crippen LogP contribution in [0.15, 0.2) is 60.7 Å². The van der Waals surface area contributed by atoms with E-state index in [9.17, 15) is 0 Å². The Bertz CT molecular complexity index is 546. The van der Waals surface area contributed by atoms with Crippen LogP contribution in [0.4, 0.5) is 0 Å². The summed E-state index contributed by atoms with van der Waals surface area (Å²) >= 11 is 0. The van der Waals surface area contributed by atoms with Crippen molar-refractivity contribution in [1.29, 1.82) is 5.26 Å². The van der Waals surface area contributed by atoms with Crippen molar-refractivity contribution in [2.45, 2.75) is 24.9 Å². The Morgan fingerprint density at radius 2 is 1.55 bits per heavy atom. The lowest BCUT2D eigenvalue weighted by Gasteiger charge is -2.45. The maximum Gasteiger partial charge on any atom is 0.0638 e. The van der Waals surface area contributed by atoms with E-state index in [0.717, 1.165) is 13.0 Å². The second-order valence-electron chi connectivity index (χ2n) is 5.27. The molecule has 0 saturated carbocycles. The molecule has 0 aromatic heterocycles. The van der Waals surface area contributed by atoms with Crippen molar-refractivity contribution in [1.82, 2.24) is 4.90 Å². The van der Waals surface area contributed by atoms with E-state index in [2.05, 4.69) is 71.6 Å². The zero-order chi connectivity index (χ0) is 13.8. The van der Waals surface area contributed by atoms with Crippen molar-refractivity contribution in [2.24, 2.45) is 0 Å². The fourth-order valence-electron chi connectivity index (χ4n) is 2.97. The first-order valence-corrected chi connectivity index (χ1v) is 7.12. The molecule has 100 valence electrons. The molecule has 0 radical (unpaired) electrons. The Morgan fingerprint density at radius 1 is 1.00 bits per heavy atom. The molecular formula is C18H18N2. The van der Waals surface area contributed by atoms with Crippen LogP contribution < -0.4 is 0 Å². The lowest BCUT2D eigenvalue weighted by atomic mass is 9.89. The predicted octanol–water partition coefficient (Wildman–Crippen LogP) is 3.76. The molecule has 2 aromatic carbocycles. The summed E-state index contributed by atoms with van der Waals surface area (Å²) in [5.74, 6) is 0. The monoisotopic (exact) mass is 262 g/mol. The van der Waals surface area contributed by atoms with Crippen molar-refractivity contribution >= 4 is 0 Å². The lowest BCUT2D eigenvalue weighted by Crippen LogP contribution is -2.49. The summed E-state index contributed by atoms with van der Waals surface area (Å²) in [6.07, 6.45) is 1.75. The van der Waals surface area contributed by atoms with Gasteiger partial charge in [0.2, 0.25) is 0 Å². The van der Waals surface area contributed by atoms with Crippen molar-refractivity contribution in [2.75, 3.05) is 6.54 Å². The van der Waals surface area contributed by atoms with Crippen LogP contribution in [0.2, 0.25) is 0 Å². The molecule has 2 heteroatoms. The van der Waals surface area contributed by atoms with Crippen molar-refractivity contribution < 1.29 is 0 Å². The van der Waals surface area contributed by atoms with Crippen molar-refractivity contribution in [3.05, 3.63) is 71.8 Å². The van der Waals surface area contributed by atoms with Gasteiger partial charge in [-0.1, -0.05) is 60.7 Å². The highest BCUT2D eigenvalue weighted by Crippen LogP contribution is 2.36. The van der Waals surface area contributed by atoms with Crippen LogP contribution in [0.1, 0.15) is 30.0 Å². The molecule has 2 aromatic rings. The van der Waals surface area contributed by atoms with Gasteiger partial charge in [-0.05, 0) is 17.5 Å². The summed E-state index contributed by atoms with van der Waals surface area (Å²) in [4.78, 5) is 2.45. The fourth-order valence-corrected chi connectivity index (χ4v) is 2.97. The lowest BCUT2D eigenvalue weighted by molar-refractivity contribution is 0.0604. The number of benzene rings is 2. The highest BCUT2D eigenvalue weighted by Gasteiger charge is 2.35. The van der Waals surface area contributed by atoms with Gasteiger partial charge in [0, 0.05) is 12.6 Å². The smallest absolute Gasteiger partial charge is 0.0638 e. The van der Waals surface area contributed by atoms with Crippen LogP contribution in [-0.2, 0) is 0 Å². The molecule has 20 heavy (non-hydrogen) atoms. The first kappa shape index (κ1) is 12.9.